The van der Waals surface area contributed by atoms with Crippen molar-refractivity contribution in [3.8, 4) is 0 Å². The predicted molar refractivity (Wildman–Crippen MR) is 51.7 cm³/mol. The van der Waals surface area contributed by atoms with Gasteiger partial charge < -0.3 is 8.98 Å². The Kier molecular flexibility index (Phi) is 2.51. The molecule has 6 heteroatoms. The molecular formula is C9H10N4O2. The van der Waals surface area contributed by atoms with Crippen LogP contribution in [0, 0.1) is 0 Å². The standard InChI is InChI=1S/C9H10N4O2/c10-12-9(14)8-7(1-4-15-8)5-13-3-2-11-6-13/h1-4,6H,5,10H2,(H,12,14). The normalized spacial score (nSPS) is 10.2. The molecule has 0 aromatic carbocycles. The summed E-state index contributed by atoms with van der Waals surface area (Å²) in [5.41, 5.74) is 2.79. The fraction of sp³-hybridized carbons (Fsp3) is 0.111. The number of carbonyl (C=O) groups is 1. The summed E-state index contributed by atoms with van der Waals surface area (Å²) in [6, 6.07) is 1.73. The topological polar surface area (TPSA) is 86.1 Å². The molecule has 0 fully saturated rings. The van der Waals surface area contributed by atoms with Gasteiger partial charge in [-0.1, -0.05) is 0 Å². The molecule has 0 saturated heterocycles. The number of nitrogen functional groups attached to an aromatic ring is 1. The molecule has 0 atom stereocenters. The number of carbonyl (C=O) groups excluding carboxylic acids is 1. The Morgan fingerprint density at radius 3 is 3.20 bits per heavy atom. The van der Waals surface area contributed by atoms with Gasteiger partial charge >= 0.3 is 5.91 Å². The summed E-state index contributed by atoms with van der Waals surface area (Å²) >= 11 is 0. The molecule has 2 heterocycles. The quantitative estimate of drug-likeness (QED) is 0.424. The lowest BCUT2D eigenvalue weighted by Gasteiger charge is -2.01. The number of nitrogens with two attached hydrogens (primary N) is 1. The molecule has 0 radical (unpaired) electrons. The van der Waals surface area contributed by atoms with Crippen LogP contribution < -0.4 is 11.3 Å². The lowest BCUT2D eigenvalue weighted by Crippen LogP contribution is -2.30. The van der Waals surface area contributed by atoms with Gasteiger partial charge in [0.2, 0.25) is 0 Å². The monoisotopic (exact) mass is 206 g/mol. The molecule has 2 aromatic rings. The van der Waals surface area contributed by atoms with Crippen LogP contribution in [0.3, 0.4) is 0 Å². The van der Waals surface area contributed by atoms with Crippen molar-refractivity contribution in [3.05, 3.63) is 42.4 Å². The molecule has 0 aliphatic heterocycles. The SMILES string of the molecule is NNC(=O)c1occc1Cn1ccnc1. The van der Waals surface area contributed by atoms with Crippen molar-refractivity contribution < 1.29 is 9.21 Å². The highest BCUT2D eigenvalue weighted by molar-refractivity contribution is 5.92. The first-order valence-corrected chi connectivity index (χ1v) is 4.34. The summed E-state index contributed by atoms with van der Waals surface area (Å²) < 4.78 is 6.87. The van der Waals surface area contributed by atoms with E-state index in [0.717, 1.165) is 5.56 Å². The zero-order valence-corrected chi connectivity index (χ0v) is 7.88. The zero-order valence-electron chi connectivity index (χ0n) is 7.88. The first-order chi connectivity index (χ1) is 7.31. The molecule has 2 aromatic heterocycles. The minimum Gasteiger partial charge on any atom is -0.459 e. The van der Waals surface area contributed by atoms with Gasteiger partial charge in [0.05, 0.1) is 19.1 Å². The van der Waals surface area contributed by atoms with Crippen LogP contribution in [-0.4, -0.2) is 15.5 Å². The third kappa shape index (κ3) is 1.89. The Bertz CT molecular complexity index is 446. The van der Waals surface area contributed by atoms with Crippen molar-refractivity contribution in [2.45, 2.75) is 6.54 Å². The average molecular weight is 206 g/mol. The van der Waals surface area contributed by atoms with E-state index in [1.54, 1.807) is 24.8 Å². The van der Waals surface area contributed by atoms with Gasteiger partial charge in [-0.25, -0.2) is 10.8 Å². The highest BCUT2D eigenvalue weighted by Gasteiger charge is 2.13. The Morgan fingerprint density at radius 1 is 1.67 bits per heavy atom. The van der Waals surface area contributed by atoms with Crippen LogP contribution in [0.1, 0.15) is 16.1 Å². The minimum atomic E-state index is -0.435. The van der Waals surface area contributed by atoms with E-state index in [4.69, 9.17) is 10.3 Å². The van der Waals surface area contributed by atoms with Crippen molar-refractivity contribution >= 4 is 5.91 Å². The average Bonchev–Trinajstić information content (AvgIpc) is 2.88. The predicted octanol–water partition coefficient (Wildman–Crippen LogP) is 0.128. The molecule has 78 valence electrons. The molecule has 0 aliphatic carbocycles. The van der Waals surface area contributed by atoms with Gasteiger partial charge in [0.1, 0.15) is 0 Å². The molecule has 6 nitrogen and oxygen atoms in total. The zero-order chi connectivity index (χ0) is 10.7. The number of hydrazine groups is 1. The van der Waals surface area contributed by atoms with Crippen LogP contribution in [-0.2, 0) is 6.54 Å². The van der Waals surface area contributed by atoms with Gasteiger partial charge in [0.25, 0.3) is 0 Å². The molecule has 2 rings (SSSR count). The van der Waals surface area contributed by atoms with Gasteiger partial charge in [0, 0.05) is 18.0 Å². The number of aromatic nitrogens is 2. The van der Waals surface area contributed by atoms with Crippen LogP contribution in [0.25, 0.3) is 0 Å². The van der Waals surface area contributed by atoms with E-state index in [9.17, 15) is 4.79 Å². The number of furan rings is 1. The van der Waals surface area contributed by atoms with Crippen LogP contribution in [0.5, 0.6) is 0 Å². The lowest BCUT2D eigenvalue weighted by atomic mass is 10.2. The van der Waals surface area contributed by atoms with Crippen LogP contribution in [0.2, 0.25) is 0 Å². The Morgan fingerprint density at radius 2 is 2.53 bits per heavy atom. The summed E-state index contributed by atoms with van der Waals surface area (Å²) in [5.74, 6) is 4.82. The summed E-state index contributed by atoms with van der Waals surface area (Å²) in [4.78, 5) is 15.2. The van der Waals surface area contributed by atoms with E-state index >= 15 is 0 Å². The number of hydrogen-bond donors (Lipinski definition) is 2. The molecule has 1 amide bonds. The van der Waals surface area contributed by atoms with E-state index in [1.165, 1.54) is 6.26 Å². The van der Waals surface area contributed by atoms with Crippen molar-refractivity contribution in [2.75, 3.05) is 0 Å². The van der Waals surface area contributed by atoms with Crippen molar-refractivity contribution in [1.29, 1.82) is 0 Å². The molecule has 3 N–H and O–H groups in total. The highest BCUT2D eigenvalue weighted by Crippen LogP contribution is 2.11. The molecule has 0 bridgehead atoms. The van der Waals surface area contributed by atoms with Crippen LogP contribution in [0.4, 0.5) is 0 Å². The maximum absolute atomic E-state index is 11.3. The van der Waals surface area contributed by atoms with E-state index in [2.05, 4.69) is 4.98 Å². The Hall–Kier alpha value is -2.08. The number of nitrogens with one attached hydrogen (secondary N) is 1. The second kappa shape index (κ2) is 3.97. The van der Waals surface area contributed by atoms with E-state index in [0.29, 0.717) is 6.54 Å². The second-order valence-corrected chi connectivity index (χ2v) is 2.98. The van der Waals surface area contributed by atoms with Crippen molar-refractivity contribution in [3.63, 3.8) is 0 Å². The summed E-state index contributed by atoms with van der Waals surface area (Å²) in [7, 11) is 0. The number of imidazole rings is 1. The fourth-order valence-corrected chi connectivity index (χ4v) is 1.30. The minimum absolute atomic E-state index is 0.228. The maximum Gasteiger partial charge on any atom is 0.301 e. The third-order valence-corrected chi connectivity index (χ3v) is 2.00. The van der Waals surface area contributed by atoms with E-state index < -0.39 is 5.91 Å². The molecule has 0 saturated carbocycles. The molecule has 0 spiro atoms. The van der Waals surface area contributed by atoms with E-state index in [1.807, 2.05) is 9.99 Å². The summed E-state index contributed by atoms with van der Waals surface area (Å²) in [6.07, 6.45) is 6.59. The van der Waals surface area contributed by atoms with Crippen molar-refractivity contribution in [1.82, 2.24) is 15.0 Å². The number of amides is 1. The van der Waals surface area contributed by atoms with Gasteiger partial charge in [-0.15, -0.1) is 0 Å². The molecule has 15 heavy (non-hydrogen) atoms. The number of hydrogen-bond acceptors (Lipinski definition) is 4. The largest absolute Gasteiger partial charge is 0.459 e. The fourth-order valence-electron chi connectivity index (χ4n) is 1.30. The molecule has 0 unspecified atom stereocenters. The van der Waals surface area contributed by atoms with E-state index in [-0.39, 0.29) is 5.76 Å². The molecular weight excluding hydrogens is 196 g/mol. The van der Waals surface area contributed by atoms with Gasteiger partial charge in [0.15, 0.2) is 5.76 Å². The number of nitrogens with zero attached hydrogens (tertiary/aromatic N) is 2. The van der Waals surface area contributed by atoms with Gasteiger partial charge in [-0.3, -0.25) is 10.2 Å². The van der Waals surface area contributed by atoms with Crippen LogP contribution in [0.15, 0.2) is 35.5 Å². The Balaban J connectivity index is 2.22. The van der Waals surface area contributed by atoms with Crippen LogP contribution >= 0.6 is 0 Å². The first kappa shape index (κ1) is 9.47. The lowest BCUT2D eigenvalue weighted by molar-refractivity contribution is 0.0924. The first-order valence-electron chi connectivity index (χ1n) is 4.34. The Labute approximate surface area is 85.7 Å². The smallest absolute Gasteiger partial charge is 0.301 e. The third-order valence-electron chi connectivity index (χ3n) is 2.00. The summed E-state index contributed by atoms with van der Waals surface area (Å²) in [5, 5.41) is 0. The van der Waals surface area contributed by atoms with Gasteiger partial charge in [-0.05, 0) is 6.07 Å². The van der Waals surface area contributed by atoms with Gasteiger partial charge in [-0.2, -0.15) is 0 Å². The second-order valence-electron chi connectivity index (χ2n) is 2.98. The highest BCUT2D eigenvalue weighted by atomic mass is 16.3. The summed E-state index contributed by atoms with van der Waals surface area (Å²) in [6.45, 7) is 0.527. The number of rotatable bonds is 3. The molecule has 0 aliphatic rings. The van der Waals surface area contributed by atoms with Crippen molar-refractivity contribution in [2.24, 2.45) is 5.84 Å². The maximum atomic E-state index is 11.3.